The first-order valence-corrected chi connectivity index (χ1v) is 23.4. The Morgan fingerprint density at radius 2 is 0.897 bits per heavy atom. The highest BCUT2D eigenvalue weighted by molar-refractivity contribution is 5.87. The zero-order valence-corrected chi connectivity index (χ0v) is 36.8. The van der Waals surface area contributed by atoms with Gasteiger partial charge < -0.3 is 40.3 Å². The number of esters is 2. The summed E-state index contributed by atoms with van der Waals surface area (Å²) in [6.45, 7) is 3.96. The van der Waals surface area contributed by atoms with Crippen LogP contribution in [0.25, 0.3) is 0 Å². The Balaban J connectivity index is 4.46. The van der Waals surface area contributed by atoms with Gasteiger partial charge in [0.25, 0.3) is 5.91 Å². The fourth-order valence-electron chi connectivity index (χ4n) is 6.68. The van der Waals surface area contributed by atoms with Crippen LogP contribution in [0.5, 0.6) is 0 Å². The largest absolute Gasteiger partial charge is 0.466 e. The Hall–Kier alpha value is -2.31. The molecule has 58 heavy (non-hydrogen) atoms. The van der Waals surface area contributed by atoms with Crippen molar-refractivity contribution in [2.24, 2.45) is 0 Å². The molecular formula is C47H87NO10. The number of amides is 1. The second-order valence-electron chi connectivity index (χ2n) is 16.0. The van der Waals surface area contributed by atoms with Gasteiger partial charge in [-0.25, -0.2) is 4.79 Å². The molecular weight excluding hydrogens is 739 g/mol. The van der Waals surface area contributed by atoms with E-state index in [1.165, 1.54) is 96.3 Å². The van der Waals surface area contributed by atoms with Gasteiger partial charge in [0, 0.05) is 6.42 Å². The molecule has 5 atom stereocenters. The normalized spacial score (nSPS) is 14.4. The SMILES string of the molecule is CCCCCCCC/C=C/CCCCCCCCOC(=O)CCC(NC(=O)C(O)C(O)C(O)C(O)CO)C(=O)OCCCCCCCC/C=C/CCCCCCCC. The third-order valence-corrected chi connectivity index (χ3v) is 10.6. The Labute approximate surface area is 352 Å². The molecule has 0 rings (SSSR count). The first kappa shape index (κ1) is 55.7. The number of carbonyl (C=O) groups excluding carboxylic acids is 3. The highest BCUT2D eigenvalue weighted by Gasteiger charge is 2.36. The lowest BCUT2D eigenvalue weighted by molar-refractivity contribution is -0.155. The van der Waals surface area contributed by atoms with Crippen LogP contribution >= 0.6 is 0 Å². The van der Waals surface area contributed by atoms with E-state index < -0.39 is 54.9 Å². The zero-order valence-electron chi connectivity index (χ0n) is 36.8. The van der Waals surface area contributed by atoms with Crippen LogP contribution < -0.4 is 5.32 Å². The van der Waals surface area contributed by atoms with Gasteiger partial charge in [-0.2, -0.15) is 0 Å². The van der Waals surface area contributed by atoms with Gasteiger partial charge in [0.1, 0.15) is 24.4 Å². The Kier molecular flexibility index (Phi) is 39.8. The van der Waals surface area contributed by atoms with E-state index in [0.29, 0.717) is 6.42 Å². The molecule has 0 aromatic heterocycles. The highest BCUT2D eigenvalue weighted by atomic mass is 16.5. The van der Waals surface area contributed by atoms with Crippen LogP contribution in [0.4, 0.5) is 0 Å². The van der Waals surface area contributed by atoms with Crippen LogP contribution in [-0.4, -0.2) is 93.7 Å². The lowest BCUT2D eigenvalue weighted by atomic mass is 10.0. The Bertz CT molecular complexity index is 1020. The van der Waals surface area contributed by atoms with Crippen molar-refractivity contribution in [2.75, 3.05) is 19.8 Å². The number of carbonyl (C=O) groups is 3. The molecule has 11 nitrogen and oxygen atoms in total. The Morgan fingerprint density at radius 3 is 1.31 bits per heavy atom. The molecule has 0 aromatic carbocycles. The van der Waals surface area contributed by atoms with Crippen molar-refractivity contribution in [3.63, 3.8) is 0 Å². The summed E-state index contributed by atoms with van der Waals surface area (Å²) >= 11 is 0. The van der Waals surface area contributed by atoms with Gasteiger partial charge in [-0.1, -0.05) is 154 Å². The van der Waals surface area contributed by atoms with Crippen LogP contribution in [-0.2, 0) is 23.9 Å². The number of aliphatic hydroxyl groups excluding tert-OH is 5. The third kappa shape index (κ3) is 33.5. The van der Waals surface area contributed by atoms with Crippen molar-refractivity contribution < 1.29 is 49.4 Å². The van der Waals surface area contributed by atoms with Gasteiger partial charge >= 0.3 is 11.9 Å². The number of nitrogens with one attached hydrogen (secondary N) is 1. The van der Waals surface area contributed by atoms with Crippen LogP contribution in [0.2, 0.25) is 0 Å². The van der Waals surface area contributed by atoms with E-state index in [4.69, 9.17) is 14.6 Å². The molecule has 0 bridgehead atoms. The summed E-state index contributed by atoms with van der Waals surface area (Å²) in [4.78, 5) is 38.2. The first-order chi connectivity index (χ1) is 28.2. The van der Waals surface area contributed by atoms with Crippen LogP contribution in [0.1, 0.15) is 206 Å². The first-order valence-electron chi connectivity index (χ1n) is 23.4. The van der Waals surface area contributed by atoms with Gasteiger partial charge in [-0.05, 0) is 70.6 Å². The second-order valence-corrected chi connectivity index (χ2v) is 16.0. The van der Waals surface area contributed by atoms with E-state index in [-0.39, 0.29) is 26.1 Å². The average molecular weight is 826 g/mol. The lowest BCUT2D eigenvalue weighted by Crippen LogP contribution is -2.54. The molecule has 0 radical (unpaired) electrons. The van der Waals surface area contributed by atoms with Crippen molar-refractivity contribution in [3.05, 3.63) is 24.3 Å². The highest BCUT2D eigenvalue weighted by Crippen LogP contribution is 2.13. The summed E-state index contributed by atoms with van der Waals surface area (Å²) < 4.78 is 10.8. The minimum Gasteiger partial charge on any atom is -0.466 e. The van der Waals surface area contributed by atoms with Gasteiger partial charge in [0.15, 0.2) is 6.10 Å². The number of aliphatic hydroxyl groups is 5. The predicted octanol–water partition coefficient (Wildman–Crippen LogP) is 8.85. The summed E-state index contributed by atoms with van der Waals surface area (Å²) in [5.74, 6) is -2.52. The van der Waals surface area contributed by atoms with E-state index in [1.807, 2.05) is 0 Å². The number of allylic oxidation sites excluding steroid dienone is 4. The van der Waals surface area contributed by atoms with Crippen LogP contribution in [0.3, 0.4) is 0 Å². The summed E-state index contributed by atoms with van der Waals surface area (Å²) in [6, 6.07) is -1.32. The third-order valence-electron chi connectivity index (χ3n) is 10.6. The van der Waals surface area contributed by atoms with Gasteiger partial charge in [-0.15, -0.1) is 0 Å². The number of hydrogen-bond acceptors (Lipinski definition) is 10. The molecule has 6 N–H and O–H groups in total. The maximum absolute atomic E-state index is 13.0. The fourth-order valence-corrected chi connectivity index (χ4v) is 6.68. The summed E-state index contributed by atoms with van der Waals surface area (Å²) in [6.07, 6.45) is 33.3. The molecule has 0 saturated heterocycles. The molecule has 5 unspecified atom stereocenters. The maximum atomic E-state index is 13.0. The summed E-state index contributed by atoms with van der Waals surface area (Å²) in [7, 11) is 0. The molecule has 0 spiro atoms. The number of unbranched alkanes of at least 4 members (excludes halogenated alkanes) is 24. The molecule has 1 amide bonds. The monoisotopic (exact) mass is 826 g/mol. The molecule has 0 aliphatic heterocycles. The smallest absolute Gasteiger partial charge is 0.328 e. The minimum absolute atomic E-state index is 0.124. The van der Waals surface area contributed by atoms with E-state index >= 15 is 0 Å². The summed E-state index contributed by atoms with van der Waals surface area (Å²) in [5.41, 5.74) is 0. The molecule has 0 aromatic rings. The van der Waals surface area contributed by atoms with E-state index in [9.17, 15) is 34.8 Å². The number of rotatable bonds is 42. The minimum atomic E-state index is -2.22. The average Bonchev–Trinajstić information content (AvgIpc) is 3.23. The van der Waals surface area contributed by atoms with E-state index in [1.54, 1.807) is 0 Å². The second kappa shape index (κ2) is 41.4. The van der Waals surface area contributed by atoms with Crippen LogP contribution in [0, 0.1) is 0 Å². The fraction of sp³-hybridized carbons (Fsp3) is 0.851. The molecule has 0 aliphatic carbocycles. The quantitative estimate of drug-likeness (QED) is 0.0198. The van der Waals surface area contributed by atoms with Crippen LogP contribution in [0.15, 0.2) is 24.3 Å². The van der Waals surface area contributed by atoms with Crippen molar-refractivity contribution in [3.8, 4) is 0 Å². The van der Waals surface area contributed by atoms with E-state index in [2.05, 4.69) is 43.5 Å². The van der Waals surface area contributed by atoms with Crippen molar-refractivity contribution in [2.45, 2.75) is 237 Å². The summed E-state index contributed by atoms with van der Waals surface area (Å²) in [5, 5.41) is 51.3. The topological polar surface area (TPSA) is 183 Å². The standard InChI is InChI=1S/C47H87NO10/c1-3-5-7-9-11-13-15-17-19-21-23-25-27-29-31-33-37-57-42(51)36-35-40(48-46(55)45(54)44(53)43(52)41(50)39-49)47(56)58-38-34-32-30-28-26-24-22-20-18-16-14-12-10-8-6-4-2/h17-20,40-41,43-45,49-50,52-54H,3-16,21-39H2,1-2H3,(H,48,55)/b19-17+,20-18+. The molecule has 0 saturated carbocycles. The molecule has 0 aliphatic rings. The van der Waals surface area contributed by atoms with Gasteiger partial charge in [0.05, 0.1) is 19.8 Å². The lowest BCUT2D eigenvalue weighted by Gasteiger charge is -2.26. The van der Waals surface area contributed by atoms with Crippen molar-refractivity contribution in [1.29, 1.82) is 0 Å². The zero-order chi connectivity index (χ0) is 42.9. The van der Waals surface area contributed by atoms with E-state index in [0.717, 1.165) is 77.0 Å². The molecule has 0 fully saturated rings. The van der Waals surface area contributed by atoms with Crippen molar-refractivity contribution in [1.82, 2.24) is 5.32 Å². The van der Waals surface area contributed by atoms with Gasteiger partial charge in [0.2, 0.25) is 0 Å². The Morgan fingerprint density at radius 1 is 0.517 bits per heavy atom. The maximum Gasteiger partial charge on any atom is 0.328 e. The molecule has 340 valence electrons. The number of ether oxygens (including phenoxy) is 2. The molecule has 11 heteroatoms. The van der Waals surface area contributed by atoms with Crippen molar-refractivity contribution >= 4 is 17.8 Å². The van der Waals surface area contributed by atoms with Gasteiger partial charge in [-0.3, -0.25) is 9.59 Å². The number of hydrogen-bond donors (Lipinski definition) is 6. The predicted molar refractivity (Wildman–Crippen MR) is 233 cm³/mol. The molecule has 0 heterocycles.